The predicted molar refractivity (Wildman–Crippen MR) is 111 cm³/mol. The highest BCUT2D eigenvalue weighted by Gasteiger charge is 2.28. The Bertz CT molecular complexity index is 744. The minimum Gasteiger partial charge on any atom is -0.484 e. The molecule has 150 valence electrons. The van der Waals surface area contributed by atoms with Gasteiger partial charge in [0.05, 0.1) is 0 Å². The van der Waals surface area contributed by atoms with Crippen LogP contribution in [0.15, 0.2) is 54.6 Å². The lowest BCUT2D eigenvalue weighted by Gasteiger charge is -2.30. The van der Waals surface area contributed by atoms with Gasteiger partial charge < -0.3 is 15.0 Å². The van der Waals surface area contributed by atoms with Crippen LogP contribution in [0.3, 0.4) is 0 Å². The van der Waals surface area contributed by atoms with Gasteiger partial charge in [0.1, 0.15) is 11.8 Å². The van der Waals surface area contributed by atoms with Crippen molar-refractivity contribution in [2.45, 2.75) is 46.2 Å². The predicted octanol–water partition coefficient (Wildman–Crippen LogP) is 3.71. The van der Waals surface area contributed by atoms with Gasteiger partial charge in [-0.05, 0) is 37.5 Å². The van der Waals surface area contributed by atoms with E-state index in [-0.39, 0.29) is 18.4 Å². The second-order valence-corrected chi connectivity index (χ2v) is 6.82. The molecule has 1 N–H and O–H groups in total. The summed E-state index contributed by atoms with van der Waals surface area (Å²) >= 11 is 0. The second-order valence-electron chi connectivity index (χ2n) is 6.82. The van der Waals surface area contributed by atoms with Crippen LogP contribution in [-0.4, -0.2) is 35.9 Å². The molecule has 0 unspecified atom stereocenters. The molecule has 2 aromatic carbocycles. The molecule has 0 aromatic heterocycles. The van der Waals surface area contributed by atoms with E-state index in [9.17, 15) is 9.59 Å². The van der Waals surface area contributed by atoms with Crippen molar-refractivity contribution >= 4 is 11.8 Å². The van der Waals surface area contributed by atoms with Gasteiger partial charge in [-0.1, -0.05) is 61.9 Å². The maximum Gasteiger partial charge on any atom is 0.261 e. The Labute approximate surface area is 167 Å². The van der Waals surface area contributed by atoms with Gasteiger partial charge in [0, 0.05) is 13.1 Å². The zero-order valence-electron chi connectivity index (χ0n) is 17.0. The van der Waals surface area contributed by atoms with Gasteiger partial charge in [0.25, 0.3) is 5.91 Å². The number of hydrogen-bond acceptors (Lipinski definition) is 3. The standard InChI is InChI=1S/C23H30N2O3/c1-4-15-24-23(27)21(5-2)25(16-19-13-11-18(3)12-14-19)22(26)17-28-20-9-7-6-8-10-20/h6-14,21H,4-5,15-17H2,1-3H3,(H,24,27)/t21-/m0/s1. The summed E-state index contributed by atoms with van der Waals surface area (Å²) in [5.41, 5.74) is 2.14. The molecule has 1 atom stereocenters. The molecular formula is C23H30N2O3. The van der Waals surface area contributed by atoms with Crippen LogP contribution in [0.1, 0.15) is 37.8 Å². The molecule has 0 saturated carbocycles. The van der Waals surface area contributed by atoms with E-state index in [1.165, 1.54) is 0 Å². The number of aryl methyl sites for hydroxylation is 1. The lowest BCUT2D eigenvalue weighted by Crippen LogP contribution is -2.50. The van der Waals surface area contributed by atoms with Crippen molar-refractivity contribution in [2.24, 2.45) is 0 Å². The van der Waals surface area contributed by atoms with Crippen molar-refractivity contribution in [3.05, 3.63) is 65.7 Å². The van der Waals surface area contributed by atoms with E-state index in [1.54, 1.807) is 4.90 Å². The number of carbonyl (C=O) groups is 2. The zero-order valence-corrected chi connectivity index (χ0v) is 17.0. The SMILES string of the molecule is CCCNC(=O)[C@H](CC)N(Cc1ccc(C)cc1)C(=O)COc1ccccc1. The fourth-order valence-electron chi connectivity index (χ4n) is 2.92. The number of amides is 2. The Kier molecular flexibility index (Phi) is 8.53. The third kappa shape index (κ3) is 6.41. The van der Waals surface area contributed by atoms with E-state index < -0.39 is 6.04 Å². The molecule has 2 amide bonds. The first-order valence-electron chi connectivity index (χ1n) is 9.85. The molecule has 0 heterocycles. The van der Waals surface area contributed by atoms with Gasteiger partial charge in [-0.15, -0.1) is 0 Å². The lowest BCUT2D eigenvalue weighted by atomic mass is 10.1. The molecule has 0 fully saturated rings. The van der Waals surface area contributed by atoms with Crippen LogP contribution in [0, 0.1) is 6.92 Å². The van der Waals surface area contributed by atoms with Crippen LogP contribution >= 0.6 is 0 Å². The molecule has 2 aromatic rings. The van der Waals surface area contributed by atoms with Gasteiger partial charge in [0.15, 0.2) is 6.61 Å². The van der Waals surface area contributed by atoms with Crippen molar-refractivity contribution in [1.29, 1.82) is 0 Å². The van der Waals surface area contributed by atoms with Crippen molar-refractivity contribution in [3.8, 4) is 5.75 Å². The Morgan fingerprint density at radius 1 is 1.04 bits per heavy atom. The minimum atomic E-state index is -0.528. The zero-order chi connectivity index (χ0) is 20.4. The molecule has 0 spiro atoms. The second kappa shape index (κ2) is 11.1. The molecular weight excluding hydrogens is 352 g/mol. The van der Waals surface area contributed by atoms with Crippen molar-refractivity contribution in [1.82, 2.24) is 10.2 Å². The summed E-state index contributed by atoms with van der Waals surface area (Å²) in [6.07, 6.45) is 1.39. The number of nitrogens with one attached hydrogen (secondary N) is 1. The molecule has 0 aliphatic carbocycles. The fraction of sp³-hybridized carbons (Fsp3) is 0.391. The number of nitrogens with zero attached hydrogens (tertiary/aromatic N) is 1. The summed E-state index contributed by atoms with van der Waals surface area (Å²) in [6.45, 7) is 6.81. The van der Waals surface area contributed by atoms with E-state index in [4.69, 9.17) is 4.74 Å². The highest BCUT2D eigenvalue weighted by Crippen LogP contribution is 2.15. The van der Waals surface area contributed by atoms with Gasteiger partial charge in [-0.3, -0.25) is 9.59 Å². The van der Waals surface area contributed by atoms with Crippen LogP contribution in [0.5, 0.6) is 5.75 Å². The molecule has 5 nitrogen and oxygen atoms in total. The van der Waals surface area contributed by atoms with Crippen molar-refractivity contribution in [3.63, 3.8) is 0 Å². The highest BCUT2D eigenvalue weighted by molar-refractivity contribution is 5.88. The first-order chi connectivity index (χ1) is 13.5. The average molecular weight is 383 g/mol. The van der Waals surface area contributed by atoms with E-state index in [2.05, 4.69) is 5.32 Å². The van der Waals surface area contributed by atoms with Gasteiger partial charge in [0.2, 0.25) is 5.91 Å². The fourth-order valence-corrected chi connectivity index (χ4v) is 2.92. The first-order valence-corrected chi connectivity index (χ1v) is 9.85. The number of para-hydroxylation sites is 1. The van der Waals surface area contributed by atoms with Crippen LogP contribution in [0.25, 0.3) is 0 Å². The highest BCUT2D eigenvalue weighted by atomic mass is 16.5. The van der Waals surface area contributed by atoms with E-state index in [1.807, 2.05) is 75.4 Å². The number of benzene rings is 2. The van der Waals surface area contributed by atoms with E-state index in [0.717, 1.165) is 17.5 Å². The Balaban J connectivity index is 2.16. The maximum atomic E-state index is 13.0. The number of ether oxygens (including phenoxy) is 1. The van der Waals surface area contributed by atoms with Crippen LogP contribution < -0.4 is 10.1 Å². The summed E-state index contributed by atoms with van der Waals surface area (Å²) in [4.78, 5) is 27.3. The topological polar surface area (TPSA) is 58.6 Å². The first kappa shape index (κ1) is 21.5. The molecule has 28 heavy (non-hydrogen) atoms. The summed E-state index contributed by atoms with van der Waals surface area (Å²) < 4.78 is 5.64. The van der Waals surface area contributed by atoms with Gasteiger partial charge >= 0.3 is 0 Å². The largest absolute Gasteiger partial charge is 0.484 e. The molecule has 5 heteroatoms. The Hall–Kier alpha value is -2.82. The molecule has 0 radical (unpaired) electrons. The third-order valence-corrected chi connectivity index (χ3v) is 4.51. The molecule has 0 aliphatic heterocycles. The van der Waals surface area contributed by atoms with E-state index in [0.29, 0.717) is 25.3 Å². The summed E-state index contributed by atoms with van der Waals surface area (Å²) in [7, 11) is 0. The number of rotatable bonds is 10. The lowest BCUT2D eigenvalue weighted by molar-refractivity contribution is -0.143. The average Bonchev–Trinajstić information content (AvgIpc) is 2.72. The summed E-state index contributed by atoms with van der Waals surface area (Å²) in [5.74, 6) is 0.307. The Morgan fingerprint density at radius 3 is 2.32 bits per heavy atom. The maximum absolute atomic E-state index is 13.0. The normalized spacial score (nSPS) is 11.5. The number of carbonyl (C=O) groups excluding carboxylic acids is 2. The third-order valence-electron chi connectivity index (χ3n) is 4.51. The molecule has 2 rings (SSSR count). The summed E-state index contributed by atoms with van der Waals surface area (Å²) in [5, 5.41) is 2.91. The smallest absolute Gasteiger partial charge is 0.261 e. The summed E-state index contributed by atoms with van der Waals surface area (Å²) in [6, 6.07) is 16.7. The monoisotopic (exact) mass is 382 g/mol. The van der Waals surface area contributed by atoms with E-state index >= 15 is 0 Å². The molecule has 0 bridgehead atoms. The van der Waals surface area contributed by atoms with Crippen LogP contribution in [0.2, 0.25) is 0 Å². The quantitative estimate of drug-likeness (QED) is 0.681. The minimum absolute atomic E-state index is 0.104. The Morgan fingerprint density at radius 2 is 1.71 bits per heavy atom. The van der Waals surface area contributed by atoms with Crippen LogP contribution in [0.4, 0.5) is 0 Å². The van der Waals surface area contributed by atoms with Crippen LogP contribution in [-0.2, 0) is 16.1 Å². The van der Waals surface area contributed by atoms with Gasteiger partial charge in [-0.25, -0.2) is 0 Å². The van der Waals surface area contributed by atoms with Gasteiger partial charge in [-0.2, -0.15) is 0 Å². The molecule has 0 aliphatic rings. The van der Waals surface area contributed by atoms with Crippen molar-refractivity contribution in [2.75, 3.05) is 13.2 Å². The molecule has 0 saturated heterocycles. The van der Waals surface area contributed by atoms with Crippen molar-refractivity contribution < 1.29 is 14.3 Å². The number of hydrogen-bond donors (Lipinski definition) is 1.